The van der Waals surface area contributed by atoms with Gasteiger partial charge in [0, 0.05) is 13.0 Å². The van der Waals surface area contributed by atoms with Crippen LogP contribution in [-0.4, -0.2) is 32.7 Å². The lowest BCUT2D eigenvalue weighted by molar-refractivity contribution is -0.137. The molecule has 0 spiro atoms. The largest absolute Gasteiger partial charge is 0.497 e. The third-order valence-corrected chi connectivity index (χ3v) is 4.96. The molecule has 0 aliphatic carbocycles. The number of aromatic nitrogens is 3. The van der Waals surface area contributed by atoms with E-state index in [1.807, 2.05) is 71.0 Å². The van der Waals surface area contributed by atoms with Gasteiger partial charge in [0.15, 0.2) is 5.82 Å². The Morgan fingerprint density at radius 3 is 2.48 bits per heavy atom. The summed E-state index contributed by atoms with van der Waals surface area (Å²) in [5, 5.41) is 8.72. The van der Waals surface area contributed by atoms with Crippen LogP contribution in [0.25, 0.3) is 0 Å². The minimum absolute atomic E-state index is 0.0992. The molecule has 2 heterocycles. The van der Waals surface area contributed by atoms with Crippen LogP contribution in [0.3, 0.4) is 0 Å². The lowest BCUT2D eigenvalue weighted by Gasteiger charge is -2.32. The Bertz CT molecular complexity index is 935. The number of hydrogen-bond acceptors (Lipinski definition) is 4. The molecular weight excluding hydrogens is 340 g/mol. The van der Waals surface area contributed by atoms with Gasteiger partial charge in [-0.25, -0.2) is 0 Å². The normalized spacial score (nSPS) is 16.3. The second-order valence-corrected chi connectivity index (χ2v) is 6.78. The first kappa shape index (κ1) is 17.3. The maximum absolute atomic E-state index is 12.9. The number of amides is 1. The number of benzene rings is 2. The van der Waals surface area contributed by atoms with Crippen molar-refractivity contribution in [3.8, 4) is 5.75 Å². The van der Waals surface area contributed by atoms with E-state index in [1.165, 1.54) is 0 Å². The van der Waals surface area contributed by atoms with Gasteiger partial charge in [0.25, 0.3) is 0 Å². The molecule has 1 amide bonds. The Kier molecular flexibility index (Phi) is 4.62. The van der Waals surface area contributed by atoms with Crippen molar-refractivity contribution in [1.29, 1.82) is 0 Å². The topological polar surface area (TPSA) is 60.3 Å². The summed E-state index contributed by atoms with van der Waals surface area (Å²) in [7, 11) is 1.65. The summed E-state index contributed by atoms with van der Waals surface area (Å²) in [6.45, 7) is 2.99. The Balaban J connectivity index is 1.55. The molecule has 0 fully saturated rings. The van der Waals surface area contributed by atoms with Gasteiger partial charge in [-0.2, -0.15) is 0 Å². The van der Waals surface area contributed by atoms with Gasteiger partial charge >= 0.3 is 0 Å². The molecule has 0 N–H and O–H groups in total. The molecule has 1 aromatic heterocycles. The molecule has 0 saturated carbocycles. The van der Waals surface area contributed by atoms with Gasteiger partial charge in [0.05, 0.1) is 13.7 Å². The summed E-state index contributed by atoms with van der Waals surface area (Å²) in [5.74, 6) is 2.57. The van der Waals surface area contributed by atoms with Gasteiger partial charge < -0.3 is 14.2 Å². The maximum atomic E-state index is 12.9. The van der Waals surface area contributed by atoms with E-state index < -0.39 is 0 Å². The predicted octanol–water partition coefficient (Wildman–Crippen LogP) is 2.98. The third kappa shape index (κ3) is 3.43. The Morgan fingerprint density at radius 2 is 1.78 bits per heavy atom. The Labute approximate surface area is 158 Å². The van der Waals surface area contributed by atoms with Crippen LogP contribution in [0, 0.1) is 0 Å². The third-order valence-electron chi connectivity index (χ3n) is 4.96. The van der Waals surface area contributed by atoms with E-state index in [1.54, 1.807) is 7.11 Å². The summed E-state index contributed by atoms with van der Waals surface area (Å²) in [6.07, 6.45) is 0.632. The number of hydrogen-bond donors (Lipinski definition) is 0. The number of carbonyl (C=O) groups excluding carboxylic acids is 1. The van der Waals surface area contributed by atoms with Crippen molar-refractivity contribution in [3.05, 3.63) is 77.4 Å². The van der Waals surface area contributed by atoms with Crippen LogP contribution in [0.2, 0.25) is 0 Å². The van der Waals surface area contributed by atoms with Gasteiger partial charge in [0.1, 0.15) is 17.6 Å². The first-order valence-electron chi connectivity index (χ1n) is 9.04. The fourth-order valence-electron chi connectivity index (χ4n) is 3.52. The highest BCUT2D eigenvalue weighted by Crippen LogP contribution is 2.25. The van der Waals surface area contributed by atoms with Crippen LogP contribution >= 0.6 is 0 Å². The van der Waals surface area contributed by atoms with Gasteiger partial charge in [-0.05, 0) is 30.2 Å². The molecule has 1 aliphatic rings. The quantitative estimate of drug-likeness (QED) is 0.700. The van der Waals surface area contributed by atoms with Crippen molar-refractivity contribution in [2.45, 2.75) is 32.5 Å². The van der Waals surface area contributed by atoms with E-state index in [-0.39, 0.29) is 11.9 Å². The molecule has 4 rings (SSSR count). The van der Waals surface area contributed by atoms with E-state index in [0.717, 1.165) is 28.5 Å². The van der Waals surface area contributed by atoms with Crippen molar-refractivity contribution < 1.29 is 9.53 Å². The van der Waals surface area contributed by atoms with Gasteiger partial charge in [0.2, 0.25) is 5.91 Å². The molecule has 0 saturated heterocycles. The minimum atomic E-state index is -0.305. The zero-order chi connectivity index (χ0) is 18.8. The van der Waals surface area contributed by atoms with E-state index in [9.17, 15) is 4.79 Å². The molecule has 0 radical (unpaired) electrons. The minimum Gasteiger partial charge on any atom is -0.497 e. The summed E-state index contributed by atoms with van der Waals surface area (Å²) in [6, 6.07) is 17.6. The first-order valence-corrected chi connectivity index (χ1v) is 9.04. The molecule has 1 atom stereocenters. The van der Waals surface area contributed by atoms with Crippen LogP contribution < -0.4 is 4.74 Å². The lowest BCUT2D eigenvalue weighted by Crippen LogP contribution is -2.41. The average molecular weight is 362 g/mol. The van der Waals surface area contributed by atoms with Crippen LogP contribution in [0.5, 0.6) is 5.75 Å². The average Bonchev–Trinajstić information content (AvgIpc) is 3.10. The van der Waals surface area contributed by atoms with E-state index >= 15 is 0 Å². The van der Waals surface area contributed by atoms with Gasteiger partial charge in [-0.3, -0.25) is 4.79 Å². The van der Waals surface area contributed by atoms with Crippen molar-refractivity contribution in [2.24, 2.45) is 0 Å². The highest BCUT2D eigenvalue weighted by atomic mass is 16.5. The standard InChI is InChI=1S/C21H22N4O2/c1-15-21(26)24(13-17-6-4-3-5-7-17)14-20-23-22-19(25(15)20)12-16-8-10-18(27-2)11-9-16/h3-11,15H,12-14H2,1-2H3/t15-/m1/s1. The van der Waals surface area contributed by atoms with Crippen LogP contribution in [0.15, 0.2) is 54.6 Å². The summed E-state index contributed by atoms with van der Waals surface area (Å²) in [4.78, 5) is 14.8. The van der Waals surface area contributed by atoms with E-state index in [0.29, 0.717) is 19.5 Å². The van der Waals surface area contributed by atoms with E-state index in [4.69, 9.17) is 4.74 Å². The number of methoxy groups -OCH3 is 1. The number of rotatable bonds is 5. The fourth-order valence-corrected chi connectivity index (χ4v) is 3.52. The maximum Gasteiger partial charge on any atom is 0.246 e. The molecule has 2 aromatic carbocycles. The summed E-state index contributed by atoms with van der Waals surface area (Å²) >= 11 is 0. The van der Waals surface area contributed by atoms with Crippen LogP contribution in [0.4, 0.5) is 0 Å². The zero-order valence-corrected chi connectivity index (χ0v) is 15.5. The second-order valence-electron chi connectivity index (χ2n) is 6.78. The number of carbonyl (C=O) groups is 1. The van der Waals surface area contributed by atoms with E-state index in [2.05, 4.69) is 10.2 Å². The lowest BCUT2D eigenvalue weighted by atomic mass is 10.1. The SMILES string of the molecule is COc1ccc(Cc2nnc3n2[C@H](C)C(=O)N(Cc2ccccc2)C3)cc1. The molecule has 1 aliphatic heterocycles. The first-order chi connectivity index (χ1) is 13.2. The summed E-state index contributed by atoms with van der Waals surface area (Å²) in [5.41, 5.74) is 2.22. The number of ether oxygens (including phenoxy) is 1. The van der Waals surface area contributed by atoms with Crippen LogP contribution in [-0.2, 0) is 24.3 Å². The van der Waals surface area contributed by atoms with Gasteiger partial charge in [-0.1, -0.05) is 42.5 Å². The number of nitrogens with zero attached hydrogens (tertiary/aromatic N) is 4. The highest BCUT2D eigenvalue weighted by molar-refractivity contribution is 5.81. The smallest absolute Gasteiger partial charge is 0.246 e. The van der Waals surface area contributed by atoms with Crippen LogP contribution in [0.1, 0.15) is 35.7 Å². The number of fused-ring (bicyclic) bond motifs is 1. The summed E-state index contributed by atoms with van der Waals surface area (Å²) < 4.78 is 7.18. The Hall–Kier alpha value is -3.15. The Morgan fingerprint density at radius 1 is 1.04 bits per heavy atom. The highest BCUT2D eigenvalue weighted by Gasteiger charge is 2.33. The molecule has 138 valence electrons. The molecule has 6 nitrogen and oxygen atoms in total. The monoisotopic (exact) mass is 362 g/mol. The zero-order valence-electron chi connectivity index (χ0n) is 15.5. The molecule has 3 aromatic rings. The molecule has 6 heteroatoms. The van der Waals surface area contributed by atoms with Gasteiger partial charge in [-0.15, -0.1) is 10.2 Å². The van der Waals surface area contributed by atoms with Crippen molar-refractivity contribution in [3.63, 3.8) is 0 Å². The predicted molar refractivity (Wildman–Crippen MR) is 101 cm³/mol. The fraction of sp³-hybridized carbons (Fsp3) is 0.286. The van der Waals surface area contributed by atoms with Crippen molar-refractivity contribution in [1.82, 2.24) is 19.7 Å². The molecule has 0 unspecified atom stereocenters. The molecule has 27 heavy (non-hydrogen) atoms. The molecular formula is C21H22N4O2. The van der Waals surface area contributed by atoms with Crippen molar-refractivity contribution >= 4 is 5.91 Å². The van der Waals surface area contributed by atoms with Crippen molar-refractivity contribution in [2.75, 3.05) is 7.11 Å². The molecule has 0 bridgehead atoms. The second kappa shape index (κ2) is 7.23.